The second-order valence-corrected chi connectivity index (χ2v) is 5.61. The SMILES string of the molecule is Cc1ccc2c(c1)nc(CCl)n2CCCC(C)C. The maximum absolute atomic E-state index is 6.00. The summed E-state index contributed by atoms with van der Waals surface area (Å²) >= 11 is 6.00. The molecule has 0 aliphatic heterocycles. The van der Waals surface area contributed by atoms with Crippen molar-refractivity contribution in [3.05, 3.63) is 29.6 Å². The number of benzene rings is 1. The molecule has 3 heteroatoms. The molecule has 0 fully saturated rings. The highest BCUT2D eigenvalue weighted by Gasteiger charge is 2.09. The minimum absolute atomic E-state index is 0.482. The lowest BCUT2D eigenvalue weighted by Gasteiger charge is -2.09. The van der Waals surface area contributed by atoms with E-state index in [1.165, 1.54) is 23.9 Å². The van der Waals surface area contributed by atoms with Gasteiger partial charge < -0.3 is 4.57 Å². The molecule has 0 unspecified atom stereocenters. The zero-order valence-corrected chi connectivity index (χ0v) is 12.2. The number of aryl methyl sites for hydroxylation is 2. The van der Waals surface area contributed by atoms with Gasteiger partial charge in [-0.3, -0.25) is 0 Å². The number of aromatic nitrogens is 2. The topological polar surface area (TPSA) is 17.8 Å². The van der Waals surface area contributed by atoms with Gasteiger partial charge >= 0.3 is 0 Å². The third kappa shape index (κ3) is 2.86. The van der Waals surface area contributed by atoms with Crippen molar-refractivity contribution in [3.63, 3.8) is 0 Å². The van der Waals surface area contributed by atoms with Crippen LogP contribution in [0.2, 0.25) is 0 Å². The number of halogens is 1. The zero-order chi connectivity index (χ0) is 13.1. The molecule has 0 saturated carbocycles. The van der Waals surface area contributed by atoms with E-state index in [2.05, 4.69) is 48.5 Å². The van der Waals surface area contributed by atoms with Gasteiger partial charge in [0.15, 0.2) is 0 Å². The van der Waals surface area contributed by atoms with Gasteiger partial charge in [-0.15, -0.1) is 11.6 Å². The van der Waals surface area contributed by atoms with Crippen molar-refractivity contribution in [2.24, 2.45) is 5.92 Å². The summed E-state index contributed by atoms with van der Waals surface area (Å²) in [6.07, 6.45) is 2.42. The van der Waals surface area contributed by atoms with E-state index in [1.807, 2.05) is 0 Å². The van der Waals surface area contributed by atoms with Crippen LogP contribution in [0.4, 0.5) is 0 Å². The Hall–Kier alpha value is -1.02. The van der Waals surface area contributed by atoms with E-state index in [9.17, 15) is 0 Å². The van der Waals surface area contributed by atoms with Gasteiger partial charge in [0.25, 0.3) is 0 Å². The van der Waals surface area contributed by atoms with Gasteiger partial charge in [-0.05, 0) is 43.4 Å². The van der Waals surface area contributed by atoms with Crippen LogP contribution in [-0.2, 0) is 12.4 Å². The first-order valence-electron chi connectivity index (χ1n) is 6.63. The zero-order valence-electron chi connectivity index (χ0n) is 11.4. The molecular weight excluding hydrogens is 244 g/mol. The summed E-state index contributed by atoms with van der Waals surface area (Å²) in [7, 11) is 0. The smallest absolute Gasteiger partial charge is 0.124 e. The van der Waals surface area contributed by atoms with Gasteiger partial charge in [0.05, 0.1) is 16.9 Å². The largest absolute Gasteiger partial charge is 0.327 e. The third-order valence-corrected chi connectivity index (χ3v) is 3.50. The fraction of sp³-hybridized carbons (Fsp3) is 0.533. The van der Waals surface area contributed by atoms with Crippen LogP contribution in [0.25, 0.3) is 11.0 Å². The lowest BCUT2D eigenvalue weighted by molar-refractivity contribution is 0.512. The molecule has 98 valence electrons. The fourth-order valence-corrected chi connectivity index (χ4v) is 2.50. The highest BCUT2D eigenvalue weighted by Crippen LogP contribution is 2.20. The Labute approximate surface area is 114 Å². The molecule has 1 aromatic heterocycles. The molecular formula is C15H21ClN2. The molecule has 0 saturated heterocycles. The van der Waals surface area contributed by atoms with Crippen LogP contribution in [0.5, 0.6) is 0 Å². The normalized spacial score (nSPS) is 11.6. The molecule has 0 radical (unpaired) electrons. The van der Waals surface area contributed by atoms with Crippen molar-refractivity contribution in [2.45, 2.75) is 46.0 Å². The van der Waals surface area contributed by atoms with Crippen LogP contribution in [-0.4, -0.2) is 9.55 Å². The van der Waals surface area contributed by atoms with Crippen LogP contribution in [0, 0.1) is 12.8 Å². The minimum Gasteiger partial charge on any atom is -0.327 e. The Morgan fingerprint density at radius 2 is 2.11 bits per heavy atom. The lowest BCUT2D eigenvalue weighted by Crippen LogP contribution is -2.03. The van der Waals surface area contributed by atoms with Crippen molar-refractivity contribution in [1.82, 2.24) is 9.55 Å². The van der Waals surface area contributed by atoms with E-state index >= 15 is 0 Å². The predicted octanol–water partition coefficient (Wildman–Crippen LogP) is 4.52. The second kappa shape index (κ2) is 5.75. The van der Waals surface area contributed by atoms with E-state index in [1.54, 1.807) is 0 Å². The van der Waals surface area contributed by atoms with E-state index in [4.69, 9.17) is 11.6 Å². The number of fused-ring (bicyclic) bond motifs is 1. The Morgan fingerprint density at radius 1 is 1.33 bits per heavy atom. The summed E-state index contributed by atoms with van der Waals surface area (Å²) < 4.78 is 2.27. The Kier molecular flexibility index (Phi) is 4.28. The van der Waals surface area contributed by atoms with Gasteiger partial charge in [-0.2, -0.15) is 0 Å². The van der Waals surface area contributed by atoms with E-state index in [0.717, 1.165) is 23.8 Å². The molecule has 0 aliphatic carbocycles. The van der Waals surface area contributed by atoms with Crippen LogP contribution in [0.3, 0.4) is 0 Å². The maximum atomic E-state index is 6.00. The summed E-state index contributed by atoms with van der Waals surface area (Å²) in [4.78, 5) is 4.62. The highest BCUT2D eigenvalue weighted by atomic mass is 35.5. The standard InChI is InChI=1S/C15H21ClN2/c1-11(2)5-4-8-18-14-7-6-12(3)9-13(14)17-15(18)10-16/h6-7,9,11H,4-5,8,10H2,1-3H3. The summed E-state index contributed by atoms with van der Waals surface area (Å²) in [5.41, 5.74) is 3.52. The van der Waals surface area contributed by atoms with E-state index in [0.29, 0.717) is 5.88 Å². The van der Waals surface area contributed by atoms with Crippen LogP contribution in [0.15, 0.2) is 18.2 Å². The first-order chi connectivity index (χ1) is 8.61. The molecule has 1 aromatic carbocycles. The minimum atomic E-state index is 0.482. The van der Waals surface area contributed by atoms with Crippen molar-refractivity contribution in [2.75, 3.05) is 0 Å². The molecule has 0 aliphatic rings. The number of hydrogen-bond donors (Lipinski definition) is 0. The second-order valence-electron chi connectivity index (χ2n) is 5.34. The van der Waals surface area contributed by atoms with Crippen molar-refractivity contribution in [1.29, 1.82) is 0 Å². The molecule has 2 nitrogen and oxygen atoms in total. The quantitative estimate of drug-likeness (QED) is 0.726. The monoisotopic (exact) mass is 264 g/mol. The Bertz CT molecular complexity index is 529. The Balaban J connectivity index is 2.29. The van der Waals surface area contributed by atoms with Gasteiger partial charge in [-0.25, -0.2) is 4.98 Å². The van der Waals surface area contributed by atoms with Crippen LogP contribution < -0.4 is 0 Å². The molecule has 2 aromatic rings. The number of alkyl halides is 1. The van der Waals surface area contributed by atoms with E-state index in [-0.39, 0.29) is 0 Å². The van der Waals surface area contributed by atoms with Crippen molar-refractivity contribution < 1.29 is 0 Å². The third-order valence-electron chi connectivity index (χ3n) is 3.27. The molecule has 0 spiro atoms. The first kappa shape index (κ1) is 13.4. The molecule has 1 heterocycles. The lowest BCUT2D eigenvalue weighted by atomic mass is 10.1. The van der Waals surface area contributed by atoms with Gasteiger partial charge in [0.2, 0.25) is 0 Å². The van der Waals surface area contributed by atoms with E-state index < -0.39 is 0 Å². The number of rotatable bonds is 5. The Morgan fingerprint density at radius 3 is 2.78 bits per heavy atom. The molecule has 0 amide bonds. The maximum Gasteiger partial charge on any atom is 0.124 e. The summed E-state index contributed by atoms with van der Waals surface area (Å²) in [6, 6.07) is 6.42. The molecule has 2 rings (SSSR count). The van der Waals surface area contributed by atoms with Crippen molar-refractivity contribution >= 4 is 22.6 Å². The highest BCUT2D eigenvalue weighted by molar-refractivity contribution is 6.16. The van der Waals surface area contributed by atoms with Gasteiger partial charge in [-0.1, -0.05) is 19.9 Å². The van der Waals surface area contributed by atoms with Gasteiger partial charge in [0, 0.05) is 6.54 Å². The fourth-order valence-electron chi connectivity index (χ4n) is 2.30. The number of hydrogen-bond acceptors (Lipinski definition) is 1. The average molecular weight is 265 g/mol. The van der Waals surface area contributed by atoms with Crippen molar-refractivity contribution in [3.8, 4) is 0 Å². The summed E-state index contributed by atoms with van der Waals surface area (Å²) in [5.74, 6) is 2.22. The average Bonchev–Trinajstić information content (AvgIpc) is 2.66. The number of nitrogens with zero attached hydrogens (tertiary/aromatic N) is 2. The predicted molar refractivity (Wildman–Crippen MR) is 78.1 cm³/mol. The van der Waals surface area contributed by atoms with Crippen LogP contribution in [0.1, 0.15) is 38.1 Å². The summed E-state index contributed by atoms with van der Waals surface area (Å²) in [5, 5.41) is 0. The summed E-state index contributed by atoms with van der Waals surface area (Å²) in [6.45, 7) is 7.63. The molecule has 0 atom stereocenters. The molecule has 0 bridgehead atoms. The first-order valence-corrected chi connectivity index (χ1v) is 7.17. The molecule has 18 heavy (non-hydrogen) atoms. The molecule has 0 N–H and O–H groups in total. The van der Waals surface area contributed by atoms with Crippen LogP contribution >= 0.6 is 11.6 Å². The van der Waals surface area contributed by atoms with Gasteiger partial charge in [0.1, 0.15) is 5.82 Å². The number of imidazole rings is 1.